The molecule has 0 unspecified atom stereocenters. The van der Waals surface area contributed by atoms with E-state index in [1.54, 1.807) is 47.3 Å². The van der Waals surface area contributed by atoms with Crippen LogP contribution in [0.25, 0.3) is 11.4 Å². The molecular weight excluding hydrogens is 423 g/mol. The lowest BCUT2D eigenvalue weighted by molar-refractivity contribution is 0.300. The van der Waals surface area contributed by atoms with Gasteiger partial charge in [-0.25, -0.2) is 9.49 Å². The van der Waals surface area contributed by atoms with Gasteiger partial charge < -0.3 is 4.74 Å². The molecule has 0 aliphatic carbocycles. The lowest BCUT2D eigenvalue weighted by atomic mass is 10.2. The zero-order chi connectivity index (χ0) is 20.9. The van der Waals surface area contributed by atoms with Crippen LogP contribution in [0, 0.1) is 10.6 Å². The van der Waals surface area contributed by atoms with Crippen molar-refractivity contribution in [3.05, 3.63) is 99.5 Å². The largest absolute Gasteiger partial charge is 0.487 e. The Labute approximate surface area is 182 Å². The molecule has 1 heterocycles. The van der Waals surface area contributed by atoms with Gasteiger partial charge in [0.25, 0.3) is 0 Å². The summed E-state index contributed by atoms with van der Waals surface area (Å²) in [5.41, 5.74) is 2.10. The molecule has 0 bridgehead atoms. The SMILES string of the molecule is Fc1ccccc1COc1ccc(/C=N\n2c(-c3ccccc3)n[nH]c2=S)cc1Cl. The Bertz CT molecular complexity index is 1250. The average molecular weight is 439 g/mol. The van der Waals surface area contributed by atoms with Crippen LogP contribution in [-0.2, 0) is 6.61 Å². The number of nitrogens with one attached hydrogen (secondary N) is 1. The highest BCUT2D eigenvalue weighted by molar-refractivity contribution is 7.71. The van der Waals surface area contributed by atoms with E-state index in [1.807, 2.05) is 30.3 Å². The van der Waals surface area contributed by atoms with E-state index in [4.69, 9.17) is 28.6 Å². The molecule has 4 rings (SSSR count). The van der Waals surface area contributed by atoms with Crippen molar-refractivity contribution in [1.82, 2.24) is 14.9 Å². The maximum absolute atomic E-state index is 13.7. The first-order chi connectivity index (χ1) is 14.6. The van der Waals surface area contributed by atoms with Gasteiger partial charge in [-0.1, -0.05) is 60.1 Å². The predicted octanol–water partition coefficient (Wildman–Crippen LogP) is 5.86. The van der Waals surface area contributed by atoms with E-state index in [9.17, 15) is 4.39 Å². The fourth-order valence-electron chi connectivity index (χ4n) is 2.78. The smallest absolute Gasteiger partial charge is 0.216 e. The third-order valence-corrected chi connectivity index (χ3v) is 4.86. The van der Waals surface area contributed by atoms with Crippen LogP contribution in [0.1, 0.15) is 11.1 Å². The number of benzene rings is 3. The Morgan fingerprint density at radius 2 is 1.87 bits per heavy atom. The standard InChI is InChI=1S/C22H16ClFN4OS/c23-18-12-15(10-11-20(18)29-14-17-8-4-5-9-19(17)24)13-25-28-21(26-27-22(28)30)16-6-2-1-3-7-16/h1-13H,14H2,(H,27,30)/b25-13-. The summed E-state index contributed by atoms with van der Waals surface area (Å²) in [7, 11) is 0. The predicted molar refractivity (Wildman–Crippen MR) is 118 cm³/mol. The Morgan fingerprint density at radius 3 is 2.63 bits per heavy atom. The summed E-state index contributed by atoms with van der Waals surface area (Å²) in [5, 5.41) is 11.8. The number of hydrogen-bond acceptors (Lipinski definition) is 4. The average Bonchev–Trinajstić information content (AvgIpc) is 3.13. The molecule has 5 nitrogen and oxygen atoms in total. The number of nitrogens with zero attached hydrogens (tertiary/aromatic N) is 3. The third-order valence-electron chi connectivity index (χ3n) is 4.30. The summed E-state index contributed by atoms with van der Waals surface area (Å²) in [5.74, 6) is 0.748. The van der Waals surface area contributed by atoms with Crippen molar-refractivity contribution in [2.45, 2.75) is 6.61 Å². The van der Waals surface area contributed by atoms with Gasteiger partial charge in [0.05, 0.1) is 11.2 Å². The summed E-state index contributed by atoms with van der Waals surface area (Å²) in [6.45, 7) is 0.0877. The lowest BCUT2D eigenvalue weighted by Gasteiger charge is -2.09. The fraction of sp³-hybridized carbons (Fsp3) is 0.0455. The van der Waals surface area contributed by atoms with Gasteiger partial charge in [-0.2, -0.15) is 14.9 Å². The van der Waals surface area contributed by atoms with Crippen molar-refractivity contribution in [1.29, 1.82) is 0 Å². The van der Waals surface area contributed by atoms with Gasteiger partial charge in [0.15, 0.2) is 5.82 Å². The molecular formula is C22H16ClFN4OS. The molecule has 0 aliphatic rings. The topological polar surface area (TPSA) is 55.2 Å². The van der Waals surface area contributed by atoms with E-state index >= 15 is 0 Å². The van der Waals surface area contributed by atoms with E-state index in [1.165, 1.54) is 6.07 Å². The van der Waals surface area contributed by atoms with E-state index in [-0.39, 0.29) is 12.4 Å². The molecule has 0 fully saturated rings. The lowest BCUT2D eigenvalue weighted by Crippen LogP contribution is -1.99. The molecule has 150 valence electrons. The zero-order valence-corrected chi connectivity index (χ0v) is 17.2. The van der Waals surface area contributed by atoms with Crippen molar-refractivity contribution >= 4 is 30.0 Å². The molecule has 8 heteroatoms. The number of halogens is 2. The molecule has 0 saturated heterocycles. The van der Waals surface area contributed by atoms with Crippen LogP contribution in [0.3, 0.4) is 0 Å². The van der Waals surface area contributed by atoms with Crippen molar-refractivity contribution in [3.8, 4) is 17.1 Å². The van der Waals surface area contributed by atoms with Crippen LogP contribution < -0.4 is 4.74 Å². The van der Waals surface area contributed by atoms with Gasteiger partial charge in [-0.05, 0) is 42.0 Å². The number of aromatic nitrogens is 3. The summed E-state index contributed by atoms with van der Waals surface area (Å²) < 4.78 is 21.3. The highest BCUT2D eigenvalue weighted by atomic mass is 35.5. The molecule has 0 atom stereocenters. The summed E-state index contributed by atoms with van der Waals surface area (Å²) in [4.78, 5) is 0. The molecule has 1 aromatic heterocycles. The molecule has 1 N–H and O–H groups in total. The van der Waals surface area contributed by atoms with Gasteiger partial charge in [-0.3, -0.25) is 0 Å². The van der Waals surface area contributed by atoms with E-state index in [0.717, 1.165) is 11.1 Å². The van der Waals surface area contributed by atoms with Crippen LogP contribution in [0.2, 0.25) is 5.02 Å². The Hall–Kier alpha value is -3.29. The highest BCUT2D eigenvalue weighted by Gasteiger charge is 2.08. The van der Waals surface area contributed by atoms with E-state index < -0.39 is 0 Å². The van der Waals surface area contributed by atoms with Crippen LogP contribution in [0.5, 0.6) is 5.75 Å². The normalized spacial score (nSPS) is 11.1. The molecule has 0 aliphatic heterocycles. The maximum Gasteiger partial charge on any atom is 0.216 e. The molecule has 0 saturated carbocycles. The Kier molecular flexibility index (Phi) is 6.02. The van der Waals surface area contributed by atoms with Crippen molar-refractivity contribution in [2.75, 3.05) is 0 Å². The summed E-state index contributed by atoms with van der Waals surface area (Å²) in [6.07, 6.45) is 1.63. The molecule has 0 radical (unpaired) electrons. The first-order valence-electron chi connectivity index (χ1n) is 9.05. The number of H-pyrrole nitrogens is 1. The van der Waals surface area contributed by atoms with Crippen LogP contribution >= 0.6 is 23.8 Å². The molecule has 0 spiro atoms. The second kappa shape index (κ2) is 9.02. The second-order valence-electron chi connectivity index (χ2n) is 6.34. The van der Waals surface area contributed by atoms with Gasteiger partial charge in [-0.15, -0.1) is 0 Å². The maximum atomic E-state index is 13.7. The van der Waals surface area contributed by atoms with Gasteiger partial charge in [0.2, 0.25) is 4.77 Å². The van der Waals surface area contributed by atoms with E-state index in [0.29, 0.717) is 26.9 Å². The number of hydrogen-bond donors (Lipinski definition) is 1. The first kappa shape index (κ1) is 20.0. The summed E-state index contributed by atoms with van der Waals surface area (Å²) >= 11 is 11.6. The third kappa shape index (κ3) is 4.48. The molecule has 30 heavy (non-hydrogen) atoms. The van der Waals surface area contributed by atoms with Crippen molar-refractivity contribution < 1.29 is 9.13 Å². The van der Waals surface area contributed by atoms with Crippen LogP contribution in [0.4, 0.5) is 4.39 Å². The number of aromatic amines is 1. The first-order valence-corrected chi connectivity index (χ1v) is 9.83. The highest BCUT2D eigenvalue weighted by Crippen LogP contribution is 2.26. The van der Waals surface area contributed by atoms with Crippen molar-refractivity contribution in [3.63, 3.8) is 0 Å². The van der Waals surface area contributed by atoms with Crippen LogP contribution in [-0.4, -0.2) is 21.1 Å². The van der Waals surface area contributed by atoms with Gasteiger partial charge in [0, 0.05) is 11.1 Å². The van der Waals surface area contributed by atoms with Gasteiger partial charge in [0.1, 0.15) is 18.2 Å². The molecule has 4 aromatic rings. The minimum Gasteiger partial charge on any atom is -0.487 e. The minimum atomic E-state index is -0.316. The number of ether oxygens (including phenoxy) is 1. The van der Waals surface area contributed by atoms with Crippen molar-refractivity contribution in [2.24, 2.45) is 5.10 Å². The zero-order valence-electron chi connectivity index (χ0n) is 15.6. The van der Waals surface area contributed by atoms with Gasteiger partial charge >= 0.3 is 0 Å². The molecule has 0 amide bonds. The number of rotatable bonds is 6. The quantitative estimate of drug-likeness (QED) is 0.303. The Balaban J connectivity index is 1.52. The fourth-order valence-corrected chi connectivity index (χ4v) is 3.21. The molecule has 3 aromatic carbocycles. The van der Waals surface area contributed by atoms with E-state index in [2.05, 4.69) is 15.3 Å². The Morgan fingerprint density at radius 1 is 1.10 bits per heavy atom. The minimum absolute atomic E-state index is 0.0877. The monoisotopic (exact) mass is 438 g/mol. The van der Waals surface area contributed by atoms with Crippen LogP contribution in [0.15, 0.2) is 77.9 Å². The summed E-state index contributed by atoms with van der Waals surface area (Å²) in [6, 6.07) is 21.3. The second-order valence-corrected chi connectivity index (χ2v) is 7.14.